The first kappa shape index (κ1) is 12.2. The zero-order valence-electron chi connectivity index (χ0n) is 9.36. The molecule has 0 aliphatic heterocycles. The maximum Gasteiger partial charge on any atom is 0.338 e. The number of methoxy groups -OCH3 is 1. The second kappa shape index (κ2) is 5.90. The van der Waals surface area contributed by atoms with Gasteiger partial charge in [-0.05, 0) is 31.2 Å². The minimum absolute atomic E-state index is 0.00234. The van der Waals surface area contributed by atoms with E-state index in [2.05, 4.69) is 0 Å². The Labute approximate surface area is 94.2 Å². The van der Waals surface area contributed by atoms with Crippen molar-refractivity contribution in [3.8, 4) is 5.75 Å². The molecule has 1 aromatic rings. The second-order valence-electron chi connectivity index (χ2n) is 3.32. The number of Topliss-reactive ketones (excluding diaryl/α,β-unsaturated/α-hetero) is 1. The summed E-state index contributed by atoms with van der Waals surface area (Å²) in [4.78, 5) is 22.1. The van der Waals surface area contributed by atoms with Crippen LogP contribution in [0.25, 0.3) is 0 Å². The average Bonchev–Trinajstić information content (AvgIpc) is 2.28. The van der Waals surface area contributed by atoms with Crippen molar-refractivity contribution in [2.24, 2.45) is 0 Å². The Morgan fingerprint density at radius 1 is 1.19 bits per heavy atom. The van der Waals surface area contributed by atoms with Crippen LogP contribution in [0.2, 0.25) is 0 Å². The van der Waals surface area contributed by atoms with E-state index < -0.39 is 5.97 Å². The number of ketones is 1. The predicted octanol–water partition coefficient (Wildman–Crippen LogP) is 1.83. The van der Waals surface area contributed by atoms with Gasteiger partial charge in [-0.3, -0.25) is 4.79 Å². The van der Waals surface area contributed by atoms with Crippen molar-refractivity contribution in [2.45, 2.75) is 13.3 Å². The quantitative estimate of drug-likeness (QED) is 0.713. The molecule has 0 aromatic heterocycles. The molecular formula is C12H14O4. The molecule has 0 amide bonds. The molecule has 0 saturated heterocycles. The maximum atomic E-state index is 11.5. The Hall–Kier alpha value is -1.84. The molecule has 0 unspecified atom stereocenters. The molecule has 1 rings (SSSR count). The number of hydrogen-bond acceptors (Lipinski definition) is 4. The van der Waals surface area contributed by atoms with Gasteiger partial charge in [-0.1, -0.05) is 0 Å². The third-order valence-corrected chi connectivity index (χ3v) is 2.01. The van der Waals surface area contributed by atoms with Crippen LogP contribution in [0.1, 0.15) is 23.7 Å². The molecule has 0 aliphatic carbocycles. The van der Waals surface area contributed by atoms with Crippen molar-refractivity contribution in [1.82, 2.24) is 0 Å². The van der Waals surface area contributed by atoms with Crippen LogP contribution in [0.15, 0.2) is 24.3 Å². The van der Waals surface area contributed by atoms with Crippen molar-refractivity contribution >= 4 is 11.8 Å². The molecule has 0 radical (unpaired) electrons. The maximum absolute atomic E-state index is 11.5. The molecule has 86 valence electrons. The molecule has 0 heterocycles. The molecule has 1 aromatic carbocycles. The van der Waals surface area contributed by atoms with E-state index in [0.717, 1.165) is 0 Å². The van der Waals surface area contributed by atoms with Crippen molar-refractivity contribution in [3.63, 3.8) is 0 Å². The molecule has 0 saturated carbocycles. The highest BCUT2D eigenvalue weighted by atomic mass is 16.5. The molecule has 0 fully saturated rings. The Balaban J connectivity index is 2.49. The van der Waals surface area contributed by atoms with E-state index in [1.54, 1.807) is 31.4 Å². The number of hydrogen-bond donors (Lipinski definition) is 0. The van der Waals surface area contributed by atoms with Crippen LogP contribution >= 0.6 is 0 Å². The van der Waals surface area contributed by atoms with Crippen LogP contribution in [0.5, 0.6) is 5.75 Å². The molecule has 0 aliphatic rings. The van der Waals surface area contributed by atoms with E-state index in [9.17, 15) is 9.59 Å². The Bertz CT molecular complexity index is 367. The summed E-state index contributed by atoms with van der Waals surface area (Å²) in [7, 11) is 1.56. The van der Waals surface area contributed by atoms with Gasteiger partial charge in [-0.25, -0.2) is 4.79 Å². The van der Waals surface area contributed by atoms with Gasteiger partial charge in [0.2, 0.25) is 0 Å². The first-order valence-electron chi connectivity index (χ1n) is 4.94. The van der Waals surface area contributed by atoms with Crippen molar-refractivity contribution in [2.75, 3.05) is 13.7 Å². The number of benzene rings is 1. The van der Waals surface area contributed by atoms with Gasteiger partial charge in [0.05, 0.1) is 19.3 Å². The normalized spacial score (nSPS) is 9.62. The summed E-state index contributed by atoms with van der Waals surface area (Å²) in [6.45, 7) is 1.58. The van der Waals surface area contributed by atoms with E-state index in [1.165, 1.54) is 6.92 Å². The lowest BCUT2D eigenvalue weighted by Gasteiger charge is -2.04. The van der Waals surface area contributed by atoms with Crippen LogP contribution in [-0.2, 0) is 9.53 Å². The zero-order valence-corrected chi connectivity index (χ0v) is 9.36. The lowest BCUT2D eigenvalue weighted by molar-refractivity contribution is -0.117. The first-order chi connectivity index (χ1) is 7.63. The third-order valence-electron chi connectivity index (χ3n) is 2.01. The molecule has 16 heavy (non-hydrogen) atoms. The first-order valence-corrected chi connectivity index (χ1v) is 4.94. The Morgan fingerprint density at radius 2 is 1.81 bits per heavy atom. The third kappa shape index (κ3) is 3.73. The fourth-order valence-corrected chi connectivity index (χ4v) is 1.10. The van der Waals surface area contributed by atoms with Crippen molar-refractivity contribution < 1.29 is 19.1 Å². The summed E-state index contributed by atoms with van der Waals surface area (Å²) in [6.07, 6.45) is 0.252. The van der Waals surface area contributed by atoms with Gasteiger partial charge in [-0.2, -0.15) is 0 Å². The van der Waals surface area contributed by atoms with Gasteiger partial charge in [-0.15, -0.1) is 0 Å². The molecular weight excluding hydrogens is 208 g/mol. The van der Waals surface area contributed by atoms with Crippen LogP contribution in [0, 0.1) is 0 Å². The molecule has 0 spiro atoms. The monoisotopic (exact) mass is 222 g/mol. The van der Waals surface area contributed by atoms with Crippen molar-refractivity contribution in [3.05, 3.63) is 29.8 Å². The van der Waals surface area contributed by atoms with E-state index in [0.29, 0.717) is 11.3 Å². The number of ether oxygens (including phenoxy) is 2. The summed E-state index contributed by atoms with van der Waals surface area (Å²) in [5.74, 6) is 0.256. The highest BCUT2D eigenvalue weighted by molar-refractivity contribution is 5.89. The Kier molecular flexibility index (Phi) is 4.51. The fourth-order valence-electron chi connectivity index (χ4n) is 1.10. The molecule has 0 bridgehead atoms. The minimum Gasteiger partial charge on any atom is -0.497 e. The van der Waals surface area contributed by atoms with Gasteiger partial charge < -0.3 is 9.47 Å². The molecule has 0 N–H and O–H groups in total. The minimum atomic E-state index is -0.427. The number of rotatable bonds is 5. The smallest absolute Gasteiger partial charge is 0.338 e. The lowest BCUT2D eigenvalue weighted by atomic mass is 10.2. The van der Waals surface area contributed by atoms with Crippen LogP contribution in [0.3, 0.4) is 0 Å². The molecule has 0 atom stereocenters. The largest absolute Gasteiger partial charge is 0.497 e. The summed E-state index contributed by atoms with van der Waals surface area (Å²) < 4.78 is 9.88. The van der Waals surface area contributed by atoms with E-state index in [1.807, 2.05) is 0 Å². The molecule has 4 nitrogen and oxygen atoms in total. The standard InChI is InChI=1S/C12H14O4/c1-9(13)7-8-16-12(14)10-3-5-11(15-2)6-4-10/h3-6H,7-8H2,1-2H3. The van der Waals surface area contributed by atoms with Crippen molar-refractivity contribution in [1.29, 1.82) is 0 Å². The second-order valence-corrected chi connectivity index (χ2v) is 3.32. The van der Waals surface area contributed by atoms with Crippen LogP contribution in [-0.4, -0.2) is 25.5 Å². The number of carbonyl (C=O) groups excluding carboxylic acids is 2. The summed E-state index contributed by atoms with van der Waals surface area (Å²) >= 11 is 0. The van der Waals surface area contributed by atoms with Gasteiger partial charge >= 0.3 is 5.97 Å². The van der Waals surface area contributed by atoms with Gasteiger partial charge in [0, 0.05) is 6.42 Å². The fraction of sp³-hybridized carbons (Fsp3) is 0.333. The predicted molar refractivity (Wildman–Crippen MR) is 58.6 cm³/mol. The highest BCUT2D eigenvalue weighted by Gasteiger charge is 2.07. The van der Waals surface area contributed by atoms with Crippen LogP contribution < -0.4 is 4.74 Å². The van der Waals surface area contributed by atoms with E-state index in [-0.39, 0.29) is 18.8 Å². The molecule has 4 heteroatoms. The number of carbonyl (C=O) groups is 2. The van der Waals surface area contributed by atoms with E-state index in [4.69, 9.17) is 9.47 Å². The lowest BCUT2D eigenvalue weighted by Crippen LogP contribution is -2.08. The van der Waals surface area contributed by atoms with E-state index >= 15 is 0 Å². The SMILES string of the molecule is COc1ccc(C(=O)OCCC(C)=O)cc1. The Morgan fingerprint density at radius 3 is 2.31 bits per heavy atom. The topological polar surface area (TPSA) is 52.6 Å². The van der Waals surface area contributed by atoms with Gasteiger partial charge in [0.1, 0.15) is 11.5 Å². The van der Waals surface area contributed by atoms with Gasteiger partial charge in [0.25, 0.3) is 0 Å². The average molecular weight is 222 g/mol. The summed E-state index contributed by atoms with van der Waals surface area (Å²) in [5.41, 5.74) is 0.448. The number of esters is 1. The zero-order chi connectivity index (χ0) is 12.0. The van der Waals surface area contributed by atoms with Crippen LogP contribution in [0.4, 0.5) is 0 Å². The van der Waals surface area contributed by atoms with Gasteiger partial charge in [0.15, 0.2) is 0 Å². The highest BCUT2D eigenvalue weighted by Crippen LogP contribution is 2.12. The summed E-state index contributed by atoms with van der Waals surface area (Å²) in [5, 5.41) is 0. The summed E-state index contributed by atoms with van der Waals surface area (Å²) in [6, 6.07) is 6.60.